The SMILES string of the molecule is CCC(CN)CCc1scnc1C. The van der Waals surface area contributed by atoms with Crippen LogP contribution in [-0.2, 0) is 6.42 Å². The average Bonchev–Trinajstić information content (AvgIpc) is 2.54. The molecule has 0 saturated heterocycles. The minimum atomic E-state index is 0.682. The number of hydrogen-bond donors (Lipinski definition) is 1. The monoisotopic (exact) mass is 198 g/mol. The molecule has 74 valence electrons. The molecule has 1 heterocycles. The second-order valence-corrected chi connectivity index (χ2v) is 4.35. The quantitative estimate of drug-likeness (QED) is 0.789. The van der Waals surface area contributed by atoms with Gasteiger partial charge in [0.15, 0.2) is 0 Å². The molecule has 1 rings (SSSR count). The van der Waals surface area contributed by atoms with Crippen LogP contribution in [0.1, 0.15) is 30.3 Å². The van der Waals surface area contributed by atoms with Crippen molar-refractivity contribution in [1.82, 2.24) is 4.98 Å². The number of rotatable bonds is 5. The number of thiazole rings is 1. The van der Waals surface area contributed by atoms with E-state index in [9.17, 15) is 0 Å². The van der Waals surface area contributed by atoms with Crippen LogP contribution in [0.5, 0.6) is 0 Å². The molecule has 0 amide bonds. The molecule has 13 heavy (non-hydrogen) atoms. The number of aromatic nitrogens is 1. The molecular weight excluding hydrogens is 180 g/mol. The summed E-state index contributed by atoms with van der Waals surface area (Å²) in [4.78, 5) is 5.66. The first-order valence-electron chi connectivity index (χ1n) is 4.87. The molecule has 1 unspecified atom stereocenters. The van der Waals surface area contributed by atoms with Crippen molar-refractivity contribution < 1.29 is 0 Å². The van der Waals surface area contributed by atoms with Crippen LogP contribution in [0.2, 0.25) is 0 Å². The topological polar surface area (TPSA) is 38.9 Å². The van der Waals surface area contributed by atoms with Crippen LogP contribution < -0.4 is 5.73 Å². The summed E-state index contributed by atoms with van der Waals surface area (Å²) in [6, 6.07) is 0. The number of hydrogen-bond acceptors (Lipinski definition) is 3. The van der Waals surface area contributed by atoms with Crippen LogP contribution in [0.25, 0.3) is 0 Å². The highest BCUT2D eigenvalue weighted by molar-refractivity contribution is 7.09. The van der Waals surface area contributed by atoms with Gasteiger partial charge in [0.05, 0.1) is 11.2 Å². The van der Waals surface area contributed by atoms with Crippen LogP contribution in [0.4, 0.5) is 0 Å². The highest BCUT2D eigenvalue weighted by atomic mass is 32.1. The predicted octanol–water partition coefficient (Wildman–Crippen LogP) is 2.37. The lowest BCUT2D eigenvalue weighted by atomic mass is 10.00. The molecule has 0 aliphatic heterocycles. The number of nitrogens with zero attached hydrogens (tertiary/aromatic N) is 1. The maximum absolute atomic E-state index is 5.65. The van der Waals surface area contributed by atoms with Gasteiger partial charge in [-0.1, -0.05) is 13.3 Å². The Bertz CT molecular complexity index is 241. The van der Waals surface area contributed by atoms with E-state index in [1.54, 1.807) is 11.3 Å². The van der Waals surface area contributed by atoms with E-state index < -0.39 is 0 Å². The lowest BCUT2D eigenvalue weighted by molar-refractivity contribution is 0.483. The van der Waals surface area contributed by atoms with Crippen molar-refractivity contribution in [2.45, 2.75) is 33.1 Å². The molecule has 0 radical (unpaired) electrons. The normalized spacial score (nSPS) is 13.2. The van der Waals surface area contributed by atoms with E-state index in [1.165, 1.54) is 23.4 Å². The third kappa shape index (κ3) is 3.08. The molecule has 0 saturated carbocycles. The molecule has 0 bridgehead atoms. The molecule has 2 N–H and O–H groups in total. The summed E-state index contributed by atoms with van der Waals surface area (Å²) in [6.45, 7) is 5.10. The predicted molar refractivity (Wildman–Crippen MR) is 58.0 cm³/mol. The fourth-order valence-electron chi connectivity index (χ4n) is 1.39. The van der Waals surface area contributed by atoms with Gasteiger partial charge in [-0.15, -0.1) is 11.3 Å². The first-order chi connectivity index (χ1) is 6.27. The van der Waals surface area contributed by atoms with E-state index in [1.807, 2.05) is 5.51 Å². The second kappa shape index (κ2) is 5.35. The molecule has 1 aromatic rings. The van der Waals surface area contributed by atoms with Gasteiger partial charge in [0.1, 0.15) is 0 Å². The summed E-state index contributed by atoms with van der Waals surface area (Å²) in [5.74, 6) is 0.682. The standard InChI is InChI=1S/C10H18N2S/c1-3-9(6-11)4-5-10-8(2)12-7-13-10/h7,9H,3-6,11H2,1-2H3. The Morgan fingerprint density at radius 3 is 2.85 bits per heavy atom. The molecule has 0 aromatic carbocycles. The molecular formula is C10H18N2S. The van der Waals surface area contributed by atoms with Gasteiger partial charge >= 0.3 is 0 Å². The third-order valence-corrected chi connectivity index (χ3v) is 3.53. The van der Waals surface area contributed by atoms with Crippen molar-refractivity contribution in [3.8, 4) is 0 Å². The van der Waals surface area contributed by atoms with Crippen molar-refractivity contribution in [2.75, 3.05) is 6.54 Å². The largest absolute Gasteiger partial charge is 0.330 e. The molecule has 3 heteroatoms. The lowest BCUT2D eigenvalue weighted by Gasteiger charge is -2.10. The number of nitrogens with two attached hydrogens (primary N) is 1. The van der Waals surface area contributed by atoms with Crippen LogP contribution in [-0.4, -0.2) is 11.5 Å². The Kier molecular flexibility index (Phi) is 4.39. The minimum Gasteiger partial charge on any atom is -0.330 e. The van der Waals surface area contributed by atoms with Gasteiger partial charge in [-0.3, -0.25) is 0 Å². The van der Waals surface area contributed by atoms with Crippen LogP contribution >= 0.6 is 11.3 Å². The van der Waals surface area contributed by atoms with Crippen LogP contribution in [0.3, 0.4) is 0 Å². The summed E-state index contributed by atoms with van der Waals surface area (Å²) in [7, 11) is 0. The first-order valence-corrected chi connectivity index (χ1v) is 5.74. The van der Waals surface area contributed by atoms with E-state index in [-0.39, 0.29) is 0 Å². The Labute approximate surface area is 84.2 Å². The molecule has 2 nitrogen and oxygen atoms in total. The van der Waals surface area contributed by atoms with E-state index in [2.05, 4.69) is 18.8 Å². The Morgan fingerprint density at radius 2 is 2.38 bits per heavy atom. The van der Waals surface area contributed by atoms with Crippen molar-refractivity contribution in [2.24, 2.45) is 11.7 Å². The Morgan fingerprint density at radius 1 is 1.62 bits per heavy atom. The van der Waals surface area contributed by atoms with Crippen molar-refractivity contribution in [3.63, 3.8) is 0 Å². The Hall–Kier alpha value is -0.410. The zero-order chi connectivity index (χ0) is 9.68. The van der Waals surface area contributed by atoms with E-state index in [4.69, 9.17) is 5.73 Å². The zero-order valence-electron chi connectivity index (χ0n) is 8.42. The summed E-state index contributed by atoms with van der Waals surface area (Å²) in [6.07, 6.45) is 3.54. The molecule has 1 aromatic heterocycles. The van der Waals surface area contributed by atoms with E-state index >= 15 is 0 Å². The summed E-state index contributed by atoms with van der Waals surface area (Å²) in [5, 5.41) is 0. The molecule has 0 aliphatic rings. The molecule has 0 aliphatic carbocycles. The fraction of sp³-hybridized carbons (Fsp3) is 0.700. The van der Waals surface area contributed by atoms with Crippen molar-refractivity contribution >= 4 is 11.3 Å². The Balaban J connectivity index is 2.38. The highest BCUT2D eigenvalue weighted by Gasteiger charge is 2.06. The van der Waals surface area contributed by atoms with Gasteiger partial charge < -0.3 is 5.73 Å². The second-order valence-electron chi connectivity index (χ2n) is 3.41. The average molecular weight is 198 g/mol. The third-order valence-electron chi connectivity index (χ3n) is 2.54. The van der Waals surface area contributed by atoms with Crippen LogP contribution in [0, 0.1) is 12.8 Å². The van der Waals surface area contributed by atoms with Gasteiger partial charge in [0.25, 0.3) is 0 Å². The molecule has 0 fully saturated rings. The lowest BCUT2D eigenvalue weighted by Crippen LogP contribution is -2.14. The first kappa shape index (κ1) is 10.7. The molecule has 0 spiro atoms. The summed E-state index contributed by atoms with van der Waals surface area (Å²) < 4.78 is 0. The van der Waals surface area contributed by atoms with Gasteiger partial charge in [0.2, 0.25) is 0 Å². The van der Waals surface area contributed by atoms with Gasteiger partial charge in [-0.05, 0) is 32.2 Å². The van der Waals surface area contributed by atoms with Gasteiger partial charge in [0, 0.05) is 4.88 Å². The van der Waals surface area contributed by atoms with E-state index in [0.29, 0.717) is 5.92 Å². The zero-order valence-corrected chi connectivity index (χ0v) is 9.23. The maximum atomic E-state index is 5.65. The van der Waals surface area contributed by atoms with Crippen molar-refractivity contribution in [3.05, 3.63) is 16.1 Å². The minimum absolute atomic E-state index is 0.682. The molecule has 1 atom stereocenters. The van der Waals surface area contributed by atoms with Gasteiger partial charge in [-0.25, -0.2) is 4.98 Å². The van der Waals surface area contributed by atoms with E-state index in [0.717, 1.165) is 13.0 Å². The summed E-state index contributed by atoms with van der Waals surface area (Å²) >= 11 is 1.76. The van der Waals surface area contributed by atoms with Gasteiger partial charge in [-0.2, -0.15) is 0 Å². The van der Waals surface area contributed by atoms with Crippen LogP contribution in [0.15, 0.2) is 5.51 Å². The van der Waals surface area contributed by atoms with Crippen molar-refractivity contribution in [1.29, 1.82) is 0 Å². The fourth-order valence-corrected chi connectivity index (χ4v) is 2.19. The summed E-state index contributed by atoms with van der Waals surface area (Å²) in [5.41, 5.74) is 8.76. The maximum Gasteiger partial charge on any atom is 0.0797 e. The smallest absolute Gasteiger partial charge is 0.0797 e. The number of aryl methyl sites for hydroxylation is 2. The highest BCUT2D eigenvalue weighted by Crippen LogP contribution is 2.17.